The van der Waals surface area contributed by atoms with Crippen molar-refractivity contribution in [2.45, 2.75) is 11.2 Å². The van der Waals surface area contributed by atoms with Gasteiger partial charge in [-0.3, -0.25) is 0 Å². The van der Waals surface area contributed by atoms with E-state index in [1.165, 1.54) is 0 Å². The van der Waals surface area contributed by atoms with Gasteiger partial charge in [-0.1, -0.05) is 170 Å². The fraction of sp³-hybridized carbons (Fsp3) is 0.0476. The quantitative estimate of drug-likeness (QED) is 0.223. The highest BCUT2D eigenvalue weighted by molar-refractivity contribution is 6.09. The molecule has 0 spiro atoms. The monoisotopic (exact) mass is 566 g/mol. The molecule has 0 amide bonds. The molecule has 1 aliphatic rings. The van der Waals surface area contributed by atoms with Crippen molar-refractivity contribution >= 4 is 10.8 Å². The van der Waals surface area contributed by atoms with E-state index in [9.17, 15) is 10.2 Å². The maximum absolute atomic E-state index is 13.6. The third-order valence-corrected chi connectivity index (χ3v) is 9.15. The van der Waals surface area contributed by atoms with Gasteiger partial charge in [-0.2, -0.15) is 0 Å². The van der Waals surface area contributed by atoms with Crippen LogP contribution >= 0.6 is 0 Å². The van der Waals surface area contributed by atoms with Crippen molar-refractivity contribution in [2.24, 2.45) is 0 Å². The Morgan fingerprint density at radius 3 is 0.977 bits per heavy atom. The molecule has 2 nitrogen and oxygen atoms in total. The average Bonchev–Trinajstić information content (AvgIpc) is 3.11. The van der Waals surface area contributed by atoms with Gasteiger partial charge >= 0.3 is 0 Å². The Bertz CT molecular complexity index is 1970. The minimum Gasteiger partial charge on any atom is -0.376 e. The molecule has 44 heavy (non-hydrogen) atoms. The molecule has 8 rings (SSSR count). The van der Waals surface area contributed by atoms with Crippen molar-refractivity contribution in [3.63, 3.8) is 0 Å². The van der Waals surface area contributed by atoms with E-state index in [4.69, 9.17) is 0 Å². The minimum absolute atomic E-state index is 0.663. The summed E-state index contributed by atoms with van der Waals surface area (Å²) in [5, 5.41) is 29.2. The van der Waals surface area contributed by atoms with Gasteiger partial charge in [0.25, 0.3) is 0 Å². The summed E-state index contributed by atoms with van der Waals surface area (Å²) in [4.78, 5) is 0. The molecule has 210 valence electrons. The van der Waals surface area contributed by atoms with Crippen molar-refractivity contribution in [3.05, 3.63) is 203 Å². The zero-order valence-corrected chi connectivity index (χ0v) is 24.1. The summed E-state index contributed by atoms with van der Waals surface area (Å²) in [6.07, 6.45) is 0. The maximum atomic E-state index is 13.6. The van der Waals surface area contributed by atoms with E-state index >= 15 is 0 Å². The lowest BCUT2D eigenvalue weighted by Crippen LogP contribution is -2.45. The molecule has 7 aromatic carbocycles. The molecule has 0 radical (unpaired) electrons. The predicted octanol–water partition coefficient (Wildman–Crippen LogP) is 9.06. The SMILES string of the molecule is O[C@@]1(c2ccccc2)c2ccccc2[C@@](O)(c2ccccc2)c2c1c(-c1ccccc1)c1ccccc1c2-c1ccccc1. The topological polar surface area (TPSA) is 40.5 Å². The van der Waals surface area contributed by atoms with E-state index in [1.54, 1.807) is 0 Å². The van der Waals surface area contributed by atoms with Crippen LogP contribution in [-0.4, -0.2) is 10.2 Å². The van der Waals surface area contributed by atoms with Gasteiger partial charge in [-0.05, 0) is 55.3 Å². The van der Waals surface area contributed by atoms with Crippen LogP contribution in [0.2, 0.25) is 0 Å². The molecule has 2 atom stereocenters. The smallest absolute Gasteiger partial charge is 0.142 e. The molecule has 0 aliphatic heterocycles. The first-order valence-electron chi connectivity index (χ1n) is 15.0. The zero-order chi connectivity index (χ0) is 29.7. The summed E-state index contributed by atoms with van der Waals surface area (Å²) in [7, 11) is 0. The van der Waals surface area contributed by atoms with Crippen LogP contribution in [0.4, 0.5) is 0 Å². The fourth-order valence-electron chi connectivity index (χ4n) is 7.31. The minimum atomic E-state index is -1.58. The molecule has 2 heteroatoms. The number of hydrogen-bond donors (Lipinski definition) is 2. The Hall–Kier alpha value is -5.28. The highest BCUT2D eigenvalue weighted by atomic mass is 16.3. The molecule has 0 saturated heterocycles. The largest absolute Gasteiger partial charge is 0.376 e. The van der Waals surface area contributed by atoms with Gasteiger partial charge in [-0.25, -0.2) is 0 Å². The summed E-state index contributed by atoms with van der Waals surface area (Å²) in [6, 6.07) is 56.5. The lowest BCUT2D eigenvalue weighted by Gasteiger charge is -2.47. The van der Waals surface area contributed by atoms with Gasteiger partial charge in [0.2, 0.25) is 0 Å². The summed E-state index contributed by atoms with van der Waals surface area (Å²) in [5.41, 5.74) is 4.82. The van der Waals surface area contributed by atoms with Crippen molar-refractivity contribution in [3.8, 4) is 22.3 Å². The Morgan fingerprint density at radius 1 is 0.318 bits per heavy atom. The number of hydrogen-bond acceptors (Lipinski definition) is 2. The van der Waals surface area contributed by atoms with Gasteiger partial charge in [-0.15, -0.1) is 0 Å². The third kappa shape index (κ3) is 3.69. The first kappa shape index (κ1) is 26.4. The maximum Gasteiger partial charge on any atom is 0.142 e. The standard InChI is InChI=1S/C42H30O2/c43-41(31-21-9-3-10-22-31)35-27-15-16-28-36(35)42(44,32-23-11-4-12-24-32)40-38(30-19-7-2-8-20-30)34-26-14-13-25-33(34)37(39(40)41)29-17-5-1-6-18-29/h1-28,43-44H/t41-,42-/m0/s1. The van der Waals surface area contributed by atoms with Gasteiger partial charge < -0.3 is 10.2 Å². The number of fused-ring (bicyclic) bond motifs is 3. The molecule has 0 fully saturated rings. The molecule has 1 aliphatic carbocycles. The first-order chi connectivity index (χ1) is 21.6. The van der Waals surface area contributed by atoms with Crippen molar-refractivity contribution in [1.82, 2.24) is 0 Å². The van der Waals surface area contributed by atoms with Crippen LogP contribution in [0.3, 0.4) is 0 Å². The Balaban J connectivity index is 1.71. The number of rotatable bonds is 4. The molecule has 0 unspecified atom stereocenters. The van der Waals surface area contributed by atoms with Crippen molar-refractivity contribution in [2.75, 3.05) is 0 Å². The highest BCUT2D eigenvalue weighted by Gasteiger charge is 2.53. The summed E-state index contributed by atoms with van der Waals surface area (Å²) < 4.78 is 0. The van der Waals surface area contributed by atoms with E-state index in [0.29, 0.717) is 22.3 Å². The van der Waals surface area contributed by atoms with Gasteiger partial charge in [0.15, 0.2) is 0 Å². The van der Waals surface area contributed by atoms with Crippen LogP contribution in [0.1, 0.15) is 33.4 Å². The molecule has 7 aromatic rings. The molecule has 0 heterocycles. The summed E-state index contributed by atoms with van der Waals surface area (Å²) in [5.74, 6) is 0. The normalized spacial score (nSPS) is 18.9. The highest BCUT2D eigenvalue weighted by Crippen LogP contribution is 2.59. The van der Waals surface area contributed by atoms with Crippen LogP contribution in [0, 0.1) is 0 Å². The number of benzene rings is 7. The molecular weight excluding hydrogens is 536 g/mol. The predicted molar refractivity (Wildman–Crippen MR) is 178 cm³/mol. The molecule has 0 bridgehead atoms. The Morgan fingerprint density at radius 2 is 0.614 bits per heavy atom. The van der Waals surface area contributed by atoms with Gasteiger partial charge in [0.05, 0.1) is 0 Å². The van der Waals surface area contributed by atoms with Crippen molar-refractivity contribution < 1.29 is 10.2 Å². The first-order valence-corrected chi connectivity index (χ1v) is 15.0. The molecular formula is C42H30O2. The summed E-state index contributed by atoms with van der Waals surface area (Å²) in [6.45, 7) is 0. The van der Waals surface area contributed by atoms with E-state index < -0.39 is 11.2 Å². The fourth-order valence-corrected chi connectivity index (χ4v) is 7.31. The number of aliphatic hydroxyl groups is 2. The molecule has 0 aromatic heterocycles. The van der Waals surface area contributed by atoms with E-state index in [0.717, 1.165) is 44.2 Å². The van der Waals surface area contributed by atoms with Crippen molar-refractivity contribution in [1.29, 1.82) is 0 Å². The van der Waals surface area contributed by atoms with Crippen LogP contribution in [-0.2, 0) is 11.2 Å². The molecule has 2 N–H and O–H groups in total. The average molecular weight is 567 g/mol. The lowest BCUT2D eigenvalue weighted by atomic mass is 9.59. The van der Waals surface area contributed by atoms with Crippen LogP contribution in [0.25, 0.3) is 33.0 Å². The molecule has 0 saturated carbocycles. The van der Waals surface area contributed by atoms with Crippen LogP contribution in [0.5, 0.6) is 0 Å². The van der Waals surface area contributed by atoms with Crippen LogP contribution in [0.15, 0.2) is 170 Å². The van der Waals surface area contributed by atoms with Crippen LogP contribution < -0.4 is 0 Å². The Kier molecular flexibility index (Phi) is 6.09. The van der Waals surface area contributed by atoms with Gasteiger partial charge in [0.1, 0.15) is 11.2 Å². The second kappa shape index (κ2) is 10.2. The third-order valence-electron chi connectivity index (χ3n) is 9.15. The Labute approximate surface area is 257 Å². The lowest BCUT2D eigenvalue weighted by molar-refractivity contribution is 0.0759. The second-order valence-corrected chi connectivity index (χ2v) is 11.5. The summed E-state index contributed by atoms with van der Waals surface area (Å²) >= 11 is 0. The van der Waals surface area contributed by atoms with E-state index in [2.05, 4.69) is 48.5 Å². The second-order valence-electron chi connectivity index (χ2n) is 11.5. The zero-order valence-electron chi connectivity index (χ0n) is 24.1. The van der Waals surface area contributed by atoms with E-state index in [-0.39, 0.29) is 0 Å². The van der Waals surface area contributed by atoms with E-state index in [1.807, 2.05) is 121 Å². The van der Waals surface area contributed by atoms with Gasteiger partial charge in [0, 0.05) is 11.1 Å².